The third kappa shape index (κ3) is 4.68. The predicted octanol–water partition coefficient (Wildman–Crippen LogP) is 7.54. The van der Waals surface area contributed by atoms with Gasteiger partial charge in [0.1, 0.15) is 5.82 Å². The number of hydrogen-bond acceptors (Lipinski definition) is 1. The lowest BCUT2D eigenvalue weighted by Gasteiger charge is -2.29. The third-order valence-corrected chi connectivity index (χ3v) is 5.79. The number of rotatable bonds is 7. The highest BCUT2D eigenvalue weighted by atomic mass is 19.1. The molecule has 0 aliphatic heterocycles. The van der Waals surface area contributed by atoms with Gasteiger partial charge in [0.2, 0.25) is 6.86 Å². The molecule has 0 spiro atoms. The molecule has 0 aromatic heterocycles. The van der Waals surface area contributed by atoms with Gasteiger partial charge in [-0.1, -0.05) is 38.3 Å². The summed E-state index contributed by atoms with van der Waals surface area (Å²) in [6.07, 6.45) is 8.18. The van der Waals surface area contributed by atoms with Gasteiger partial charge in [-0.15, -0.1) is 0 Å². The maximum atomic E-state index is 14.7. The average molecular weight is 394 g/mol. The quantitative estimate of drug-likeness (QED) is 0.441. The molecule has 5 heteroatoms. The van der Waals surface area contributed by atoms with Crippen LogP contribution in [0, 0.1) is 23.4 Å². The van der Waals surface area contributed by atoms with Gasteiger partial charge in [0.25, 0.3) is 0 Å². The molecule has 0 heterocycles. The summed E-state index contributed by atoms with van der Waals surface area (Å²) < 4.78 is 59.1. The zero-order valence-corrected chi connectivity index (χ0v) is 16.1. The number of alkyl halides is 1. The first-order chi connectivity index (χ1) is 13.5. The summed E-state index contributed by atoms with van der Waals surface area (Å²) in [7, 11) is 0. The van der Waals surface area contributed by atoms with Crippen molar-refractivity contribution in [3.8, 4) is 16.9 Å². The van der Waals surface area contributed by atoms with Crippen LogP contribution in [0.1, 0.15) is 63.4 Å². The minimum atomic E-state index is -1.34. The fourth-order valence-corrected chi connectivity index (χ4v) is 4.20. The Morgan fingerprint density at radius 3 is 2.18 bits per heavy atom. The summed E-state index contributed by atoms with van der Waals surface area (Å²) in [5.41, 5.74) is 1.12. The van der Waals surface area contributed by atoms with Crippen molar-refractivity contribution in [2.24, 2.45) is 5.92 Å². The number of halogens is 4. The molecule has 0 saturated heterocycles. The number of unbranched alkanes of at least 4 members (excludes halogenated alkanes) is 1. The Morgan fingerprint density at radius 2 is 1.61 bits per heavy atom. The van der Waals surface area contributed by atoms with Gasteiger partial charge in [0.15, 0.2) is 17.4 Å². The van der Waals surface area contributed by atoms with E-state index in [1.54, 1.807) is 6.07 Å². The zero-order valence-electron chi connectivity index (χ0n) is 16.1. The number of benzene rings is 2. The van der Waals surface area contributed by atoms with Gasteiger partial charge < -0.3 is 4.74 Å². The molecule has 0 bridgehead atoms. The minimum Gasteiger partial charge on any atom is -0.457 e. The van der Waals surface area contributed by atoms with E-state index >= 15 is 0 Å². The summed E-state index contributed by atoms with van der Waals surface area (Å²) >= 11 is 0. The van der Waals surface area contributed by atoms with Gasteiger partial charge in [-0.2, -0.15) is 0 Å². The van der Waals surface area contributed by atoms with Crippen molar-refractivity contribution in [1.82, 2.24) is 0 Å². The maximum absolute atomic E-state index is 14.7. The fraction of sp³-hybridized carbons (Fsp3) is 0.478. The molecule has 0 N–H and O–H groups in total. The van der Waals surface area contributed by atoms with Gasteiger partial charge >= 0.3 is 0 Å². The van der Waals surface area contributed by atoms with Crippen LogP contribution in [-0.2, 0) is 0 Å². The minimum absolute atomic E-state index is 0.0635. The molecule has 152 valence electrons. The molecule has 0 radical (unpaired) electrons. The summed E-state index contributed by atoms with van der Waals surface area (Å²) in [4.78, 5) is 0. The Morgan fingerprint density at radius 1 is 0.929 bits per heavy atom. The van der Waals surface area contributed by atoms with E-state index in [2.05, 4.69) is 11.7 Å². The molecule has 0 atom stereocenters. The normalized spacial score (nSPS) is 19.6. The monoisotopic (exact) mass is 394 g/mol. The van der Waals surface area contributed by atoms with E-state index in [1.165, 1.54) is 38.2 Å². The summed E-state index contributed by atoms with van der Waals surface area (Å²) in [6, 6.07) is 6.82. The lowest BCUT2D eigenvalue weighted by atomic mass is 9.77. The predicted molar refractivity (Wildman–Crippen MR) is 103 cm³/mol. The highest BCUT2D eigenvalue weighted by molar-refractivity contribution is 5.66. The van der Waals surface area contributed by atoms with Crippen LogP contribution in [0.3, 0.4) is 0 Å². The standard InChI is InChI=1S/C23H26F4O/c1-2-3-4-15-5-7-16(8-6-15)17-9-10-19(20(25)11-17)18-12-21(26)23(28-14-24)22(27)13-18/h9-13,15-16H,2-8,14H2,1H3. The average Bonchev–Trinajstić information content (AvgIpc) is 2.69. The first kappa shape index (κ1) is 20.7. The van der Waals surface area contributed by atoms with Crippen LogP contribution in [0.25, 0.3) is 11.1 Å². The van der Waals surface area contributed by atoms with Crippen LogP contribution in [-0.4, -0.2) is 6.86 Å². The van der Waals surface area contributed by atoms with Gasteiger partial charge in [-0.3, -0.25) is 0 Å². The highest BCUT2D eigenvalue weighted by Gasteiger charge is 2.23. The van der Waals surface area contributed by atoms with Crippen molar-refractivity contribution in [3.05, 3.63) is 53.3 Å². The SMILES string of the molecule is CCCCC1CCC(c2ccc(-c3cc(F)c(OCF)c(F)c3)c(F)c2)CC1. The second kappa shape index (κ2) is 9.44. The van der Waals surface area contributed by atoms with E-state index in [4.69, 9.17) is 0 Å². The Balaban J connectivity index is 1.75. The van der Waals surface area contributed by atoms with E-state index < -0.39 is 30.1 Å². The zero-order chi connectivity index (χ0) is 20.1. The van der Waals surface area contributed by atoms with E-state index in [1.807, 2.05) is 6.07 Å². The van der Waals surface area contributed by atoms with Crippen LogP contribution >= 0.6 is 0 Å². The van der Waals surface area contributed by atoms with Crippen molar-refractivity contribution in [2.45, 2.75) is 57.8 Å². The van der Waals surface area contributed by atoms with Gasteiger partial charge in [0.05, 0.1) is 0 Å². The Kier molecular flexibility index (Phi) is 6.97. The van der Waals surface area contributed by atoms with E-state index in [-0.39, 0.29) is 11.1 Å². The number of hydrogen-bond donors (Lipinski definition) is 0. The molecule has 1 saturated carbocycles. The Hall–Kier alpha value is -2.04. The first-order valence-electron chi connectivity index (χ1n) is 10.0. The lowest BCUT2D eigenvalue weighted by Crippen LogP contribution is -2.13. The molecule has 3 rings (SSSR count). The van der Waals surface area contributed by atoms with Crippen molar-refractivity contribution >= 4 is 0 Å². The van der Waals surface area contributed by atoms with Crippen LogP contribution in [0.2, 0.25) is 0 Å². The van der Waals surface area contributed by atoms with Crippen molar-refractivity contribution < 1.29 is 22.3 Å². The molecule has 28 heavy (non-hydrogen) atoms. The second-order valence-corrected chi connectivity index (χ2v) is 7.62. The van der Waals surface area contributed by atoms with Crippen LogP contribution in [0.4, 0.5) is 17.6 Å². The van der Waals surface area contributed by atoms with Crippen LogP contribution in [0.5, 0.6) is 5.75 Å². The third-order valence-electron chi connectivity index (χ3n) is 5.79. The van der Waals surface area contributed by atoms with Gasteiger partial charge in [-0.05, 0) is 66.8 Å². The maximum Gasteiger partial charge on any atom is 0.228 e. The molecule has 2 aromatic rings. The van der Waals surface area contributed by atoms with E-state index in [0.717, 1.165) is 36.5 Å². The van der Waals surface area contributed by atoms with Crippen molar-refractivity contribution in [1.29, 1.82) is 0 Å². The van der Waals surface area contributed by atoms with Gasteiger partial charge in [0, 0.05) is 5.56 Å². The molecule has 1 aliphatic rings. The van der Waals surface area contributed by atoms with Crippen molar-refractivity contribution in [3.63, 3.8) is 0 Å². The molecule has 2 aromatic carbocycles. The topological polar surface area (TPSA) is 9.23 Å². The van der Waals surface area contributed by atoms with Crippen LogP contribution in [0.15, 0.2) is 30.3 Å². The summed E-state index contributed by atoms with van der Waals surface area (Å²) in [5.74, 6) is -2.30. The first-order valence-corrected chi connectivity index (χ1v) is 10.0. The Labute approximate surface area is 163 Å². The van der Waals surface area contributed by atoms with Crippen molar-refractivity contribution in [2.75, 3.05) is 6.86 Å². The summed E-state index contributed by atoms with van der Waals surface area (Å²) in [6.45, 7) is 0.867. The highest BCUT2D eigenvalue weighted by Crippen LogP contribution is 2.39. The van der Waals surface area contributed by atoms with E-state index in [0.29, 0.717) is 5.92 Å². The smallest absolute Gasteiger partial charge is 0.228 e. The second-order valence-electron chi connectivity index (χ2n) is 7.62. The van der Waals surface area contributed by atoms with Crippen LogP contribution < -0.4 is 4.74 Å². The Bertz CT molecular complexity index is 774. The molecule has 0 unspecified atom stereocenters. The largest absolute Gasteiger partial charge is 0.457 e. The molecular formula is C23H26F4O. The molecule has 1 nitrogen and oxygen atoms in total. The van der Waals surface area contributed by atoms with Gasteiger partial charge in [-0.25, -0.2) is 17.6 Å². The molecular weight excluding hydrogens is 368 g/mol. The molecule has 0 amide bonds. The lowest BCUT2D eigenvalue weighted by molar-refractivity contribution is 0.176. The molecule has 1 fully saturated rings. The molecule has 1 aliphatic carbocycles. The fourth-order valence-electron chi connectivity index (χ4n) is 4.20. The summed E-state index contributed by atoms with van der Waals surface area (Å²) in [5, 5.41) is 0. The number of ether oxygens (including phenoxy) is 1. The van der Waals surface area contributed by atoms with E-state index in [9.17, 15) is 17.6 Å².